The molecular weight excluding hydrogens is 318 g/mol. The standard InChI is InChI=1S/C20H19NO4/c1-24-16-11-9-15(10-12-16)21-18(19(25-2)20(21)23)17(22)13-8-14-6-4-3-5-7-14/h3-7,9-12,17-19,22H,1-2H3/t17-,18+,19-/m1/s1. The van der Waals surface area contributed by atoms with Crippen molar-refractivity contribution in [2.75, 3.05) is 19.1 Å². The smallest absolute Gasteiger partial charge is 0.258 e. The van der Waals surface area contributed by atoms with Crippen LogP contribution in [0.1, 0.15) is 5.56 Å². The van der Waals surface area contributed by atoms with Gasteiger partial charge in [0.05, 0.1) is 7.11 Å². The summed E-state index contributed by atoms with van der Waals surface area (Å²) in [6.45, 7) is 0. The van der Waals surface area contributed by atoms with Crippen molar-refractivity contribution in [3.05, 3.63) is 60.2 Å². The number of anilines is 1. The Morgan fingerprint density at radius 3 is 2.36 bits per heavy atom. The third kappa shape index (κ3) is 3.36. The van der Waals surface area contributed by atoms with Crippen molar-refractivity contribution in [2.45, 2.75) is 18.2 Å². The van der Waals surface area contributed by atoms with E-state index in [1.807, 2.05) is 30.3 Å². The van der Waals surface area contributed by atoms with Crippen LogP contribution in [-0.2, 0) is 9.53 Å². The van der Waals surface area contributed by atoms with Crippen molar-refractivity contribution in [1.29, 1.82) is 0 Å². The normalized spacial score (nSPS) is 20.3. The molecule has 1 amide bonds. The molecule has 1 aliphatic rings. The number of aliphatic hydroxyl groups excluding tert-OH is 1. The number of nitrogens with zero attached hydrogens (tertiary/aromatic N) is 1. The Labute approximate surface area is 146 Å². The molecule has 1 heterocycles. The summed E-state index contributed by atoms with van der Waals surface area (Å²) >= 11 is 0. The number of ether oxygens (including phenoxy) is 2. The summed E-state index contributed by atoms with van der Waals surface area (Å²) < 4.78 is 10.4. The third-order valence-corrected chi connectivity index (χ3v) is 4.16. The first-order chi connectivity index (χ1) is 12.2. The van der Waals surface area contributed by atoms with Crippen molar-refractivity contribution >= 4 is 11.6 Å². The molecule has 0 unspecified atom stereocenters. The van der Waals surface area contributed by atoms with Crippen molar-refractivity contribution in [2.24, 2.45) is 0 Å². The minimum atomic E-state index is -1.02. The molecular formula is C20H19NO4. The first-order valence-electron chi connectivity index (χ1n) is 7.90. The molecule has 0 spiro atoms. The number of hydrogen-bond acceptors (Lipinski definition) is 4. The zero-order valence-corrected chi connectivity index (χ0v) is 14.0. The highest BCUT2D eigenvalue weighted by Crippen LogP contribution is 2.32. The fourth-order valence-electron chi connectivity index (χ4n) is 2.84. The number of β-lactam (4-membered cyclic amide) rings is 1. The van der Waals surface area contributed by atoms with E-state index in [-0.39, 0.29) is 5.91 Å². The fourth-order valence-corrected chi connectivity index (χ4v) is 2.84. The van der Waals surface area contributed by atoms with Gasteiger partial charge >= 0.3 is 0 Å². The number of carbonyl (C=O) groups is 1. The van der Waals surface area contributed by atoms with Gasteiger partial charge in [-0.25, -0.2) is 0 Å². The maximum absolute atomic E-state index is 12.3. The first kappa shape index (κ1) is 17.0. The average Bonchev–Trinajstić information content (AvgIpc) is 2.66. The topological polar surface area (TPSA) is 59.0 Å². The van der Waals surface area contributed by atoms with Gasteiger partial charge in [0.15, 0.2) is 6.10 Å². The maximum atomic E-state index is 12.3. The van der Waals surface area contributed by atoms with Gasteiger partial charge in [-0.15, -0.1) is 0 Å². The first-order valence-corrected chi connectivity index (χ1v) is 7.90. The molecule has 5 heteroatoms. The van der Waals surface area contributed by atoms with Gasteiger partial charge in [0, 0.05) is 18.4 Å². The summed E-state index contributed by atoms with van der Waals surface area (Å²) in [4.78, 5) is 13.9. The van der Waals surface area contributed by atoms with Crippen molar-refractivity contribution in [1.82, 2.24) is 0 Å². The molecule has 1 saturated heterocycles. The Kier molecular flexibility index (Phi) is 5.03. The predicted octanol–water partition coefficient (Wildman–Crippen LogP) is 1.84. The van der Waals surface area contributed by atoms with Crippen LogP contribution in [0, 0.1) is 11.8 Å². The van der Waals surface area contributed by atoms with Crippen LogP contribution in [0.3, 0.4) is 0 Å². The van der Waals surface area contributed by atoms with Gasteiger partial charge in [0.2, 0.25) is 0 Å². The average molecular weight is 337 g/mol. The lowest BCUT2D eigenvalue weighted by atomic mass is 9.91. The molecule has 0 saturated carbocycles. The molecule has 1 N–H and O–H groups in total. The fraction of sp³-hybridized carbons (Fsp3) is 0.250. The molecule has 2 aromatic rings. The number of benzene rings is 2. The number of methoxy groups -OCH3 is 2. The Morgan fingerprint density at radius 1 is 1.08 bits per heavy atom. The van der Waals surface area contributed by atoms with Gasteiger partial charge in [-0.2, -0.15) is 0 Å². The van der Waals surface area contributed by atoms with E-state index in [0.29, 0.717) is 11.4 Å². The maximum Gasteiger partial charge on any atom is 0.258 e. The van der Waals surface area contributed by atoms with Crippen LogP contribution in [0.5, 0.6) is 5.75 Å². The summed E-state index contributed by atoms with van der Waals surface area (Å²) in [5.74, 6) is 6.24. The zero-order chi connectivity index (χ0) is 17.8. The van der Waals surface area contributed by atoms with Gasteiger partial charge in [-0.3, -0.25) is 4.79 Å². The van der Waals surface area contributed by atoms with Gasteiger partial charge in [-0.05, 0) is 36.4 Å². The Morgan fingerprint density at radius 2 is 1.76 bits per heavy atom. The van der Waals surface area contributed by atoms with E-state index >= 15 is 0 Å². The van der Waals surface area contributed by atoms with E-state index in [2.05, 4.69) is 11.8 Å². The van der Waals surface area contributed by atoms with Crippen molar-refractivity contribution in [3.8, 4) is 17.6 Å². The molecule has 128 valence electrons. The van der Waals surface area contributed by atoms with Crippen LogP contribution in [0.25, 0.3) is 0 Å². The van der Waals surface area contributed by atoms with E-state index in [0.717, 1.165) is 5.56 Å². The number of rotatable bonds is 4. The number of hydrogen-bond donors (Lipinski definition) is 1. The lowest BCUT2D eigenvalue weighted by Gasteiger charge is -2.47. The van der Waals surface area contributed by atoms with Crippen molar-refractivity contribution < 1.29 is 19.4 Å². The van der Waals surface area contributed by atoms with E-state index in [1.54, 1.807) is 31.4 Å². The molecule has 25 heavy (non-hydrogen) atoms. The summed E-state index contributed by atoms with van der Waals surface area (Å²) in [7, 11) is 3.04. The molecule has 0 aliphatic carbocycles. The molecule has 1 aliphatic heterocycles. The van der Waals surface area contributed by atoms with E-state index < -0.39 is 18.2 Å². The van der Waals surface area contributed by atoms with Crippen molar-refractivity contribution in [3.63, 3.8) is 0 Å². The lowest BCUT2D eigenvalue weighted by molar-refractivity contribution is -0.142. The van der Waals surface area contributed by atoms with Gasteiger partial charge < -0.3 is 19.5 Å². The van der Waals surface area contributed by atoms with E-state index in [1.165, 1.54) is 12.0 Å². The molecule has 3 rings (SSSR count). The van der Waals surface area contributed by atoms with Crippen LogP contribution < -0.4 is 9.64 Å². The van der Waals surface area contributed by atoms with E-state index in [4.69, 9.17) is 9.47 Å². The van der Waals surface area contributed by atoms with Crippen LogP contribution in [0.2, 0.25) is 0 Å². The monoisotopic (exact) mass is 337 g/mol. The Balaban J connectivity index is 1.83. The molecule has 3 atom stereocenters. The SMILES string of the molecule is COc1ccc(N2C(=O)[C@H](OC)[C@@H]2[C@H](O)C#Cc2ccccc2)cc1. The molecule has 2 aromatic carbocycles. The van der Waals surface area contributed by atoms with Gasteiger partial charge in [-0.1, -0.05) is 30.0 Å². The largest absolute Gasteiger partial charge is 0.497 e. The second kappa shape index (κ2) is 7.39. The minimum absolute atomic E-state index is 0.196. The lowest BCUT2D eigenvalue weighted by Crippen LogP contribution is -2.70. The van der Waals surface area contributed by atoms with Crippen LogP contribution in [-0.4, -0.2) is 43.5 Å². The van der Waals surface area contributed by atoms with Crippen LogP contribution in [0.15, 0.2) is 54.6 Å². The highest BCUT2D eigenvalue weighted by molar-refractivity contribution is 6.05. The summed E-state index contributed by atoms with van der Waals surface area (Å²) in [5, 5.41) is 10.5. The Bertz CT molecular complexity index is 792. The van der Waals surface area contributed by atoms with Crippen LogP contribution >= 0.6 is 0 Å². The molecule has 0 bridgehead atoms. The zero-order valence-electron chi connectivity index (χ0n) is 14.0. The molecule has 0 aromatic heterocycles. The number of carbonyl (C=O) groups excluding carboxylic acids is 1. The van der Waals surface area contributed by atoms with E-state index in [9.17, 15) is 9.90 Å². The van der Waals surface area contributed by atoms with Crippen LogP contribution in [0.4, 0.5) is 5.69 Å². The number of aliphatic hydroxyl groups is 1. The second-order valence-corrected chi connectivity index (χ2v) is 5.63. The van der Waals surface area contributed by atoms with Gasteiger partial charge in [0.1, 0.15) is 17.9 Å². The summed E-state index contributed by atoms with van der Waals surface area (Å²) in [5.41, 5.74) is 1.47. The third-order valence-electron chi connectivity index (χ3n) is 4.16. The van der Waals surface area contributed by atoms with Gasteiger partial charge in [0.25, 0.3) is 5.91 Å². The second-order valence-electron chi connectivity index (χ2n) is 5.63. The Hall–Kier alpha value is -2.81. The quantitative estimate of drug-likeness (QED) is 0.683. The molecule has 1 fully saturated rings. The highest BCUT2D eigenvalue weighted by atomic mass is 16.5. The summed E-state index contributed by atoms with van der Waals surface area (Å²) in [6, 6.07) is 15.9. The predicted molar refractivity (Wildman–Crippen MR) is 94.4 cm³/mol. The summed E-state index contributed by atoms with van der Waals surface area (Å²) in [6.07, 6.45) is -1.73. The highest BCUT2D eigenvalue weighted by Gasteiger charge is 2.51. The molecule has 0 radical (unpaired) electrons. The number of amides is 1. The molecule has 5 nitrogen and oxygen atoms in total. The minimum Gasteiger partial charge on any atom is -0.497 e.